The second-order valence-corrected chi connectivity index (χ2v) is 14.4. The molecule has 0 bridgehead atoms. The van der Waals surface area contributed by atoms with Crippen molar-refractivity contribution in [2.45, 2.75) is 121 Å². The molecule has 15 N–H and O–H groups in total. The first-order valence-corrected chi connectivity index (χ1v) is 19.8. The third-order valence-electron chi connectivity index (χ3n) is 9.51. The minimum atomic E-state index is -1.62. The Balaban J connectivity index is 2.82. The Hall–Kier alpha value is -5.46. The normalized spacial score (nSPS) is 17.4. The van der Waals surface area contributed by atoms with Crippen LogP contribution in [0.4, 0.5) is 0 Å². The van der Waals surface area contributed by atoms with Crippen molar-refractivity contribution in [3.63, 3.8) is 0 Å². The van der Waals surface area contributed by atoms with Crippen molar-refractivity contribution in [3.8, 4) is 0 Å². The molecule has 0 spiro atoms. The predicted octanol–water partition coefficient (Wildman–Crippen LogP) is -6.33. The number of hydrogen-bond donors (Lipinski definition) is 14. The van der Waals surface area contributed by atoms with E-state index in [2.05, 4.69) is 53.2 Å². The smallest absolute Gasteiger partial charge is 0.328 e. The van der Waals surface area contributed by atoms with Crippen molar-refractivity contribution >= 4 is 59.1 Å². The van der Waals surface area contributed by atoms with Gasteiger partial charge in [0.2, 0.25) is 53.2 Å². The van der Waals surface area contributed by atoms with Crippen LogP contribution >= 0.6 is 0 Å². The Morgan fingerprint density at radius 1 is 0.633 bits per heavy atom. The van der Waals surface area contributed by atoms with Crippen molar-refractivity contribution in [1.82, 2.24) is 53.2 Å². The number of carboxylic acids is 1. The lowest BCUT2D eigenvalue weighted by Gasteiger charge is -2.29. The van der Waals surface area contributed by atoms with Crippen molar-refractivity contribution in [3.05, 3.63) is 0 Å². The molecule has 0 saturated carbocycles. The molecule has 1 aliphatic heterocycles. The Bertz CT molecular complexity index is 1510. The number of aliphatic hydroxyl groups excluding tert-OH is 2. The van der Waals surface area contributed by atoms with Crippen LogP contribution < -0.4 is 58.9 Å². The molecule has 24 nitrogen and oxygen atoms in total. The van der Waals surface area contributed by atoms with E-state index in [-0.39, 0.29) is 31.5 Å². The summed E-state index contributed by atoms with van der Waals surface area (Å²) in [6.45, 7) is 5.53. The first-order valence-electron chi connectivity index (χ1n) is 19.8. The van der Waals surface area contributed by atoms with E-state index >= 15 is 0 Å². The van der Waals surface area contributed by atoms with E-state index in [1.165, 1.54) is 20.8 Å². The molecular formula is C36H63N11O13. The van der Waals surface area contributed by atoms with Gasteiger partial charge in [-0.2, -0.15) is 0 Å². The highest BCUT2D eigenvalue weighted by atomic mass is 16.4. The molecule has 60 heavy (non-hydrogen) atoms. The summed E-state index contributed by atoms with van der Waals surface area (Å²) >= 11 is 0. The Morgan fingerprint density at radius 2 is 1.15 bits per heavy atom. The van der Waals surface area contributed by atoms with Gasteiger partial charge in [0.05, 0.1) is 32.3 Å². The molecule has 9 atom stereocenters. The van der Waals surface area contributed by atoms with Crippen LogP contribution in [-0.4, -0.2) is 162 Å². The Morgan fingerprint density at radius 3 is 1.68 bits per heavy atom. The molecule has 1 aliphatic rings. The van der Waals surface area contributed by atoms with E-state index in [1.54, 1.807) is 13.8 Å². The second kappa shape index (κ2) is 27.3. The number of nitrogens with two attached hydrogens (primary N) is 1. The average molecular weight is 858 g/mol. The summed E-state index contributed by atoms with van der Waals surface area (Å²) in [5.74, 6) is -8.96. The van der Waals surface area contributed by atoms with Crippen molar-refractivity contribution in [2.24, 2.45) is 11.7 Å². The van der Waals surface area contributed by atoms with Crippen LogP contribution in [0.5, 0.6) is 0 Å². The van der Waals surface area contributed by atoms with Crippen molar-refractivity contribution in [1.29, 1.82) is 0 Å². The number of carbonyl (C=O) groups excluding carboxylic acids is 9. The third-order valence-corrected chi connectivity index (χ3v) is 9.51. The number of unbranched alkanes of at least 4 members (excludes halogenated alkanes) is 1. The fourth-order valence-electron chi connectivity index (χ4n) is 5.53. The number of carboxylic acid groups (broad SMARTS) is 1. The van der Waals surface area contributed by atoms with Crippen LogP contribution in [0, 0.1) is 5.92 Å². The zero-order chi connectivity index (χ0) is 45.5. The molecule has 340 valence electrons. The summed E-state index contributed by atoms with van der Waals surface area (Å²) in [6.07, 6.45) is 2.76. The highest BCUT2D eigenvalue weighted by Gasteiger charge is 2.34. The van der Waals surface area contributed by atoms with Gasteiger partial charge in [0.1, 0.15) is 42.3 Å². The van der Waals surface area contributed by atoms with Gasteiger partial charge in [0, 0.05) is 0 Å². The number of nitrogens with one attached hydrogen (secondary N) is 10. The molecule has 0 radical (unpaired) electrons. The Kier molecular flexibility index (Phi) is 23.9. The molecule has 1 saturated heterocycles. The van der Waals surface area contributed by atoms with E-state index in [1.807, 2.05) is 0 Å². The number of carbonyl (C=O) groups is 10. The molecule has 0 aromatic rings. The van der Waals surface area contributed by atoms with Gasteiger partial charge >= 0.3 is 5.97 Å². The number of rotatable bonds is 27. The van der Waals surface area contributed by atoms with Crippen LogP contribution in [-0.2, 0) is 47.9 Å². The van der Waals surface area contributed by atoms with Crippen LogP contribution in [0.1, 0.15) is 73.1 Å². The molecule has 0 aliphatic carbocycles. The number of amides is 9. The van der Waals surface area contributed by atoms with Crippen molar-refractivity contribution < 1.29 is 63.3 Å². The Labute approximate surface area is 347 Å². The lowest BCUT2D eigenvalue weighted by molar-refractivity contribution is -0.143. The minimum absolute atomic E-state index is 0.0654. The van der Waals surface area contributed by atoms with Gasteiger partial charge in [-0.1, -0.05) is 20.3 Å². The number of aliphatic hydroxyl groups is 2. The zero-order valence-corrected chi connectivity index (χ0v) is 34.7. The molecule has 0 aromatic carbocycles. The summed E-state index contributed by atoms with van der Waals surface area (Å²) in [6, 6.07) is -9.88. The van der Waals surface area contributed by atoms with E-state index < -0.39 is 121 Å². The lowest BCUT2D eigenvalue weighted by Crippen LogP contribution is -2.61. The summed E-state index contributed by atoms with van der Waals surface area (Å²) < 4.78 is 0. The van der Waals surface area contributed by atoms with Crippen LogP contribution in [0.25, 0.3) is 0 Å². The largest absolute Gasteiger partial charge is 0.480 e. The zero-order valence-electron chi connectivity index (χ0n) is 34.7. The van der Waals surface area contributed by atoms with Gasteiger partial charge in [-0.3, -0.25) is 43.2 Å². The van der Waals surface area contributed by atoms with Crippen LogP contribution in [0.3, 0.4) is 0 Å². The molecule has 1 heterocycles. The highest BCUT2D eigenvalue weighted by molar-refractivity contribution is 5.97. The fraction of sp³-hybridized carbons (Fsp3) is 0.722. The second-order valence-electron chi connectivity index (χ2n) is 14.4. The SMILES string of the molecule is CC[C@H](C)[C@H](NC(=O)[C@H](CO)NC(=O)[C@H](C)NC(=O)[C@H](C)NC(=O)CNC(=O)CNC(=O)[C@@H]1CCCN1)C(=O)N[C@@H](CCCCN)C(=O)N[C@@H](C)C(=O)N[C@@H](CO)C(=O)O. The van der Waals surface area contributed by atoms with E-state index in [9.17, 15) is 58.2 Å². The molecule has 0 aromatic heterocycles. The molecule has 9 amide bonds. The summed E-state index contributed by atoms with van der Waals surface area (Å²) in [5, 5.41) is 52.6. The summed E-state index contributed by atoms with van der Waals surface area (Å²) in [4.78, 5) is 126. The maximum atomic E-state index is 13.6. The first-order chi connectivity index (χ1) is 28.3. The quantitative estimate of drug-likeness (QED) is 0.0342. The third kappa shape index (κ3) is 18.6. The van der Waals surface area contributed by atoms with Crippen LogP contribution in [0.2, 0.25) is 0 Å². The van der Waals surface area contributed by atoms with Gasteiger partial charge in [0.25, 0.3) is 0 Å². The molecular weight excluding hydrogens is 794 g/mol. The maximum Gasteiger partial charge on any atom is 0.328 e. The van der Waals surface area contributed by atoms with Crippen LogP contribution in [0.15, 0.2) is 0 Å². The van der Waals surface area contributed by atoms with Gasteiger partial charge in [0.15, 0.2) is 0 Å². The molecule has 0 unspecified atom stereocenters. The topological polar surface area (TPSA) is 378 Å². The van der Waals surface area contributed by atoms with Gasteiger partial charge in [-0.05, 0) is 71.9 Å². The average Bonchev–Trinajstić information content (AvgIpc) is 3.76. The molecule has 1 rings (SSSR count). The van der Waals surface area contributed by atoms with Crippen molar-refractivity contribution in [2.75, 3.05) is 39.4 Å². The van der Waals surface area contributed by atoms with E-state index in [0.717, 1.165) is 6.42 Å². The van der Waals surface area contributed by atoms with Gasteiger partial charge in [-0.25, -0.2) is 4.79 Å². The molecule has 24 heteroatoms. The maximum absolute atomic E-state index is 13.6. The van der Waals surface area contributed by atoms with E-state index in [4.69, 9.17) is 10.8 Å². The van der Waals surface area contributed by atoms with Gasteiger partial charge in [-0.15, -0.1) is 0 Å². The van der Waals surface area contributed by atoms with E-state index in [0.29, 0.717) is 32.2 Å². The number of hydrogen-bond acceptors (Lipinski definition) is 14. The van der Waals surface area contributed by atoms with Gasteiger partial charge < -0.3 is 74.2 Å². The summed E-state index contributed by atoms with van der Waals surface area (Å²) in [7, 11) is 0. The standard InChI is InChI=1S/C36H63N11O13/c1-6-18(2)28(35(58)44-23(10-7-8-12-37)33(56)43-21(5)31(54)46-25(17-49)36(59)60)47-34(57)24(16-48)45-30(53)20(4)42-29(52)19(3)41-27(51)15-39-26(50)14-40-32(55)22-11-9-13-38-22/h18-25,28,38,48-49H,6-17,37H2,1-5H3,(H,39,50)(H,40,55)(H,41,51)(H,42,52)(H,43,56)(H,44,58)(H,45,53)(H,46,54)(H,47,57)(H,59,60)/t18-,19-,20-,21-,22-,23-,24-,25-,28-/m0/s1. The lowest BCUT2D eigenvalue weighted by atomic mass is 9.97. The number of aliphatic carboxylic acids is 1. The first kappa shape index (κ1) is 52.6. The highest BCUT2D eigenvalue weighted by Crippen LogP contribution is 2.11. The monoisotopic (exact) mass is 857 g/mol. The summed E-state index contributed by atoms with van der Waals surface area (Å²) in [5.41, 5.74) is 5.59. The minimum Gasteiger partial charge on any atom is -0.480 e. The fourth-order valence-corrected chi connectivity index (χ4v) is 5.53. The molecule has 1 fully saturated rings. The predicted molar refractivity (Wildman–Crippen MR) is 212 cm³/mol.